The molecule has 0 saturated carbocycles. The third kappa shape index (κ3) is 5.02. The van der Waals surface area contributed by atoms with E-state index in [4.69, 9.17) is 0 Å². The van der Waals surface area contributed by atoms with Gasteiger partial charge in [-0.1, -0.05) is 25.1 Å². The highest BCUT2D eigenvalue weighted by Gasteiger charge is 2.20. The second kappa shape index (κ2) is 9.37. The fourth-order valence-corrected chi connectivity index (χ4v) is 3.61. The Labute approximate surface area is 170 Å². The van der Waals surface area contributed by atoms with Crippen molar-refractivity contribution in [3.05, 3.63) is 64.7 Å². The van der Waals surface area contributed by atoms with Gasteiger partial charge in [0.05, 0.1) is 18.7 Å². The van der Waals surface area contributed by atoms with Gasteiger partial charge in [-0.05, 0) is 73.1 Å². The SMILES string of the molecule is CCC(NC(=O)C(=O)Nc1ccc(C(=O)OC)cc1)c1ccc2c(c1)CCCC2. The van der Waals surface area contributed by atoms with Gasteiger partial charge in [0.15, 0.2) is 0 Å². The van der Waals surface area contributed by atoms with Crippen molar-refractivity contribution in [2.45, 2.75) is 45.1 Å². The van der Waals surface area contributed by atoms with E-state index in [1.165, 1.54) is 43.2 Å². The van der Waals surface area contributed by atoms with E-state index in [-0.39, 0.29) is 6.04 Å². The number of ether oxygens (including phenoxy) is 1. The van der Waals surface area contributed by atoms with Gasteiger partial charge in [0.2, 0.25) is 0 Å². The van der Waals surface area contributed by atoms with Gasteiger partial charge in [0.25, 0.3) is 0 Å². The van der Waals surface area contributed by atoms with Crippen LogP contribution < -0.4 is 10.6 Å². The van der Waals surface area contributed by atoms with E-state index in [9.17, 15) is 14.4 Å². The summed E-state index contributed by atoms with van der Waals surface area (Å²) in [5.41, 5.74) is 4.55. The maximum Gasteiger partial charge on any atom is 0.337 e. The van der Waals surface area contributed by atoms with Crippen LogP contribution in [0, 0.1) is 0 Å². The van der Waals surface area contributed by atoms with Crippen LogP contribution in [0.3, 0.4) is 0 Å². The molecule has 0 aliphatic heterocycles. The largest absolute Gasteiger partial charge is 0.465 e. The second-order valence-corrected chi connectivity index (χ2v) is 7.19. The highest BCUT2D eigenvalue weighted by Crippen LogP contribution is 2.26. The molecule has 3 rings (SSSR count). The van der Waals surface area contributed by atoms with Crippen LogP contribution in [0.15, 0.2) is 42.5 Å². The van der Waals surface area contributed by atoms with Gasteiger partial charge in [-0.2, -0.15) is 0 Å². The Morgan fingerprint density at radius 1 is 0.966 bits per heavy atom. The number of methoxy groups -OCH3 is 1. The normalized spacial score (nSPS) is 13.7. The van der Waals surface area contributed by atoms with Gasteiger partial charge in [0, 0.05) is 5.69 Å². The number of hydrogen-bond acceptors (Lipinski definition) is 4. The predicted molar refractivity (Wildman–Crippen MR) is 111 cm³/mol. The summed E-state index contributed by atoms with van der Waals surface area (Å²) in [6.45, 7) is 1.98. The number of amides is 2. The van der Waals surface area contributed by atoms with E-state index in [2.05, 4.69) is 27.5 Å². The molecule has 0 aromatic heterocycles. The molecule has 2 N–H and O–H groups in total. The van der Waals surface area contributed by atoms with Gasteiger partial charge in [0.1, 0.15) is 0 Å². The highest BCUT2D eigenvalue weighted by molar-refractivity contribution is 6.39. The van der Waals surface area contributed by atoms with Crippen molar-refractivity contribution in [3.8, 4) is 0 Å². The van der Waals surface area contributed by atoms with Crippen molar-refractivity contribution in [1.29, 1.82) is 0 Å². The summed E-state index contributed by atoms with van der Waals surface area (Å²) in [6.07, 6.45) is 5.27. The summed E-state index contributed by atoms with van der Waals surface area (Å²) in [6, 6.07) is 12.3. The Bertz CT molecular complexity index is 906. The zero-order chi connectivity index (χ0) is 20.8. The smallest absolute Gasteiger partial charge is 0.337 e. The molecular weight excluding hydrogens is 368 g/mol. The minimum Gasteiger partial charge on any atom is -0.465 e. The fourth-order valence-electron chi connectivity index (χ4n) is 3.61. The first-order valence-electron chi connectivity index (χ1n) is 9.93. The van der Waals surface area contributed by atoms with Crippen LogP contribution in [-0.4, -0.2) is 24.9 Å². The van der Waals surface area contributed by atoms with E-state index in [1.807, 2.05) is 13.0 Å². The standard InChI is InChI=1S/C23H26N2O4/c1-3-20(18-9-8-15-6-4-5-7-17(15)14-18)25-22(27)21(26)24-19-12-10-16(11-13-19)23(28)29-2/h8-14,20H,3-7H2,1-2H3,(H,24,26)(H,25,27). The number of rotatable bonds is 5. The van der Waals surface area contributed by atoms with Crippen LogP contribution in [0.4, 0.5) is 5.69 Å². The van der Waals surface area contributed by atoms with Gasteiger partial charge in [-0.15, -0.1) is 0 Å². The lowest BCUT2D eigenvalue weighted by atomic mass is 9.89. The van der Waals surface area contributed by atoms with Crippen LogP contribution in [0.2, 0.25) is 0 Å². The number of carbonyl (C=O) groups excluding carboxylic acids is 3. The number of nitrogens with one attached hydrogen (secondary N) is 2. The number of carbonyl (C=O) groups is 3. The molecule has 0 bridgehead atoms. The number of fused-ring (bicyclic) bond motifs is 1. The van der Waals surface area contributed by atoms with Crippen molar-refractivity contribution >= 4 is 23.5 Å². The van der Waals surface area contributed by atoms with Gasteiger partial charge in [-0.3, -0.25) is 9.59 Å². The molecule has 0 radical (unpaired) electrons. The quantitative estimate of drug-likeness (QED) is 0.600. The van der Waals surface area contributed by atoms with Gasteiger partial charge in [-0.25, -0.2) is 4.79 Å². The molecule has 1 aliphatic carbocycles. The summed E-state index contributed by atoms with van der Waals surface area (Å²) in [5.74, 6) is -1.89. The van der Waals surface area contributed by atoms with E-state index in [0.717, 1.165) is 18.4 Å². The molecule has 2 aromatic rings. The summed E-state index contributed by atoms with van der Waals surface area (Å²) in [4.78, 5) is 36.2. The van der Waals surface area contributed by atoms with E-state index < -0.39 is 17.8 Å². The van der Waals surface area contributed by atoms with E-state index in [0.29, 0.717) is 17.7 Å². The molecule has 2 amide bonds. The number of aryl methyl sites for hydroxylation is 2. The molecule has 152 valence electrons. The topological polar surface area (TPSA) is 84.5 Å². The zero-order valence-electron chi connectivity index (χ0n) is 16.8. The van der Waals surface area contributed by atoms with Crippen molar-refractivity contribution in [2.24, 2.45) is 0 Å². The van der Waals surface area contributed by atoms with Crippen LogP contribution in [0.25, 0.3) is 0 Å². The maximum absolute atomic E-state index is 12.4. The highest BCUT2D eigenvalue weighted by atomic mass is 16.5. The fraction of sp³-hybridized carbons (Fsp3) is 0.348. The first kappa shape index (κ1) is 20.6. The van der Waals surface area contributed by atoms with Crippen molar-refractivity contribution in [1.82, 2.24) is 5.32 Å². The van der Waals surface area contributed by atoms with Crippen molar-refractivity contribution < 1.29 is 19.1 Å². The van der Waals surface area contributed by atoms with Gasteiger partial charge < -0.3 is 15.4 Å². The predicted octanol–water partition coefficient (Wildman–Crippen LogP) is 3.56. The minimum absolute atomic E-state index is 0.220. The molecule has 0 saturated heterocycles. The minimum atomic E-state index is -0.743. The monoisotopic (exact) mass is 394 g/mol. The molecule has 0 fully saturated rings. The molecule has 1 aliphatic rings. The van der Waals surface area contributed by atoms with Crippen LogP contribution in [0.5, 0.6) is 0 Å². The first-order chi connectivity index (χ1) is 14.0. The first-order valence-corrected chi connectivity index (χ1v) is 9.93. The lowest BCUT2D eigenvalue weighted by molar-refractivity contribution is -0.136. The summed E-state index contributed by atoms with van der Waals surface area (Å²) in [7, 11) is 1.30. The Kier molecular flexibility index (Phi) is 6.65. The maximum atomic E-state index is 12.4. The van der Waals surface area contributed by atoms with E-state index in [1.54, 1.807) is 12.1 Å². The lowest BCUT2D eigenvalue weighted by Crippen LogP contribution is -2.37. The molecule has 6 nitrogen and oxygen atoms in total. The average Bonchev–Trinajstić information content (AvgIpc) is 2.76. The Morgan fingerprint density at radius 3 is 2.31 bits per heavy atom. The summed E-state index contributed by atoms with van der Waals surface area (Å²) in [5, 5.41) is 5.38. The number of esters is 1. The number of anilines is 1. The Morgan fingerprint density at radius 2 is 1.66 bits per heavy atom. The number of hydrogen-bond donors (Lipinski definition) is 2. The van der Waals surface area contributed by atoms with Crippen molar-refractivity contribution in [3.63, 3.8) is 0 Å². The molecule has 6 heteroatoms. The molecule has 29 heavy (non-hydrogen) atoms. The van der Waals surface area contributed by atoms with Crippen molar-refractivity contribution in [2.75, 3.05) is 12.4 Å². The lowest BCUT2D eigenvalue weighted by Gasteiger charge is -2.21. The molecular formula is C23H26N2O4. The zero-order valence-corrected chi connectivity index (χ0v) is 16.8. The summed E-state index contributed by atoms with van der Waals surface area (Å²) >= 11 is 0. The van der Waals surface area contributed by atoms with Crippen LogP contribution in [0.1, 0.15) is 59.3 Å². The third-order valence-corrected chi connectivity index (χ3v) is 5.26. The molecule has 1 unspecified atom stereocenters. The Balaban J connectivity index is 1.63. The van der Waals surface area contributed by atoms with E-state index >= 15 is 0 Å². The summed E-state index contributed by atoms with van der Waals surface area (Å²) < 4.78 is 4.64. The molecule has 1 atom stereocenters. The van der Waals surface area contributed by atoms with Gasteiger partial charge >= 0.3 is 17.8 Å². The van der Waals surface area contributed by atoms with Crippen LogP contribution in [-0.2, 0) is 27.2 Å². The molecule has 0 heterocycles. The average molecular weight is 394 g/mol. The van der Waals surface area contributed by atoms with Crippen LogP contribution >= 0.6 is 0 Å². The second-order valence-electron chi connectivity index (χ2n) is 7.19. The molecule has 0 spiro atoms. The molecule has 2 aromatic carbocycles. The third-order valence-electron chi connectivity index (χ3n) is 5.26. The Hall–Kier alpha value is -3.15. The number of benzene rings is 2.